The summed E-state index contributed by atoms with van der Waals surface area (Å²) in [5, 5.41) is 0.852. The summed E-state index contributed by atoms with van der Waals surface area (Å²) in [6.07, 6.45) is 0.695. The van der Waals surface area contributed by atoms with Crippen LogP contribution in [-0.4, -0.2) is 21.8 Å². The molecule has 7 nitrogen and oxygen atoms in total. The second-order valence-electron chi connectivity index (χ2n) is 6.57. The summed E-state index contributed by atoms with van der Waals surface area (Å²) in [6, 6.07) is 18.4. The quantitative estimate of drug-likeness (QED) is 0.322. The molecule has 4 aromatic rings. The number of H-pyrrole nitrogens is 1. The topological polar surface area (TPSA) is 100 Å². The number of para-hydroxylation sites is 2. The molecule has 0 unspecified atom stereocenters. The fourth-order valence-corrected chi connectivity index (χ4v) is 3.68. The van der Waals surface area contributed by atoms with Gasteiger partial charge < -0.3 is 9.40 Å². The Morgan fingerprint density at radius 3 is 2.50 bits per heavy atom. The van der Waals surface area contributed by atoms with E-state index in [9.17, 15) is 9.59 Å². The van der Waals surface area contributed by atoms with Crippen LogP contribution < -0.4 is 10.9 Å². The van der Waals surface area contributed by atoms with Gasteiger partial charge in [-0.2, -0.15) is 0 Å². The van der Waals surface area contributed by atoms with Gasteiger partial charge in [0, 0.05) is 17.7 Å². The van der Waals surface area contributed by atoms with Gasteiger partial charge in [-0.1, -0.05) is 43.0 Å². The molecule has 2 aromatic heterocycles. The molecule has 0 radical (unpaired) electrons. The zero-order valence-electron chi connectivity index (χ0n) is 16.3. The number of benzene rings is 2. The zero-order chi connectivity index (χ0) is 20.9. The Morgan fingerprint density at radius 1 is 1.00 bits per heavy atom. The van der Waals surface area contributed by atoms with Crippen LogP contribution in [0.3, 0.4) is 0 Å². The summed E-state index contributed by atoms with van der Waals surface area (Å²) in [5.41, 5.74) is 8.21. The third-order valence-corrected chi connectivity index (χ3v) is 5.43. The second kappa shape index (κ2) is 8.87. The van der Waals surface area contributed by atoms with Gasteiger partial charge in [-0.25, -0.2) is 4.98 Å². The monoisotopic (exact) mass is 420 g/mol. The van der Waals surface area contributed by atoms with Crippen LogP contribution >= 0.6 is 11.8 Å². The Labute approximate surface area is 177 Å². The lowest BCUT2D eigenvalue weighted by Gasteiger charge is -2.07. The van der Waals surface area contributed by atoms with Gasteiger partial charge in [0.2, 0.25) is 0 Å². The molecule has 0 fully saturated rings. The third-order valence-electron chi connectivity index (χ3n) is 4.48. The van der Waals surface area contributed by atoms with Crippen molar-refractivity contribution in [3.63, 3.8) is 0 Å². The van der Waals surface area contributed by atoms with E-state index in [-0.39, 0.29) is 5.76 Å². The molecule has 2 heterocycles. The summed E-state index contributed by atoms with van der Waals surface area (Å²) in [4.78, 5) is 32.1. The summed E-state index contributed by atoms with van der Waals surface area (Å²) < 4.78 is 5.36. The normalized spacial score (nSPS) is 10.8. The van der Waals surface area contributed by atoms with Crippen molar-refractivity contribution in [1.29, 1.82) is 0 Å². The molecule has 4 rings (SSSR count). The number of hydrazine groups is 1. The van der Waals surface area contributed by atoms with Crippen molar-refractivity contribution in [1.82, 2.24) is 20.8 Å². The van der Waals surface area contributed by atoms with Crippen LogP contribution in [0, 0.1) is 0 Å². The maximum absolute atomic E-state index is 12.3. The van der Waals surface area contributed by atoms with Gasteiger partial charge in [0.1, 0.15) is 5.76 Å². The molecule has 0 aliphatic carbocycles. The molecular formula is C22H20N4O3S. The van der Waals surface area contributed by atoms with E-state index in [0.29, 0.717) is 17.7 Å². The van der Waals surface area contributed by atoms with Crippen molar-refractivity contribution in [3.05, 3.63) is 83.3 Å². The number of imidazole rings is 1. The Balaban J connectivity index is 1.30. The van der Waals surface area contributed by atoms with E-state index in [1.165, 1.54) is 0 Å². The fourth-order valence-electron chi connectivity index (χ4n) is 2.84. The number of rotatable bonds is 6. The number of carbonyl (C=O) groups is 2. The number of hydrogen-bond donors (Lipinski definition) is 3. The van der Waals surface area contributed by atoms with E-state index < -0.39 is 11.8 Å². The summed E-state index contributed by atoms with van der Waals surface area (Å²) in [7, 11) is 0. The van der Waals surface area contributed by atoms with Crippen LogP contribution in [0.2, 0.25) is 0 Å². The van der Waals surface area contributed by atoms with Gasteiger partial charge in [-0.05, 0) is 42.0 Å². The van der Waals surface area contributed by atoms with Gasteiger partial charge in [0.25, 0.3) is 5.91 Å². The molecule has 0 saturated carbocycles. The molecule has 8 heteroatoms. The molecule has 3 N–H and O–H groups in total. The van der Waals surface area contributed by atoms with Crippen LogP contribution in [0.1, 0.15) is 39.2 Å². The van der Waals surface area contributed by atoms with Crippen LogP contribution in [0.25, 0.3) is 11.0 Å². The molecule has 30 heavy (non-hydrogen) atoms. The van der Waals surface area contributed by atoms with Crippen molar-refractivity contribution in [3.8, 4) is 0 Å². The highest BCUT2D eigenvalue weighted by Crippen LogP contribution is 2.23. The Bertz CT molecular complexity index is 1150. The fraction of sp³-hybridized carbons (Fsp3) is 0.136. The zero-order valence-corrected chi connectivity index (χ0v) is 17.1. The number of amides is 2. The number of hydrogen-bond acceptors (Lipinski definition) is 5. The van der Waals surface area contributed by atoms with Crippen LogP contribution in [0.4, 0.5) is 0 Å². The number of nitrogens with zero attached hydrogens (tertiary/aromatic N) is 1. The number of aromatic amines is 1. The number of nitrogens with one attached hydrogen (secondary N) is 3. The average molecular weight is 420 g/mol. The van der Waals surface area contributed by atoms with E-state index in [2.05, 4.69) is 20.8 Å². The molecule has 0 saturated heterocycles. The molecule has 0 bridgehead atoms. The van der Waals surface area contributed by atoms with Crippen LogP contribution in [-0.2, 0) is 12.2 Å². The molecule has 2 aromatic carbocycles. The first-order valence-electron chi connectivity index (χ1n) is 9.48. The minimum atomic E-state index is -0.498. The minimum absolute atomic E-state index is 0.158. The first-order valence-corrected chi connectivity index (χ1v) is 10.5. The molecule has 0 atom stereocenters. The van der Waals surface area contributed by atoms with E-state index in [1.54, 1.807) is 36.0 Å². The van der Waals surface area contributed by atoms with E-state index >= 15 is 0 Å². The Morgan fingerprint density at radius 2 is 1.77 bits per heavy atom. The lowest BCUT2D eigenvalue weighted by Crippen LogP contribution is -2.41. The maximum Gasteiger partial charge on any atom is 0.305 e. The van der Waals surface area contributed by atoms with Crippen LogP contribution in [0.15, 0.2) is 70.2 Å². The summed E-state index contributed by atoms with van der Waals surface area (Å²) in [6.45, 7) is 1.93. The van der Waals surface area contributed by atoms with Gasteiger partial charge in [-0.3, -0.25) is 20.4 Å². The van der Waals surface area contributed by atoms with Crippen LogP contribution in [0.5, 0.6) is 0 Å². The highest BCUT2D eigenvalue weighted by atomic mass is 32.2. The molecule has 0 spiro atoms. The van der Waals surface area contributed by atoms with Gasteiger partial charge >= 0.3 is 5.91 Å². The lowest BCUT2D eigenvalue weighted by molar-refractivity contribution is 0.0830. The van der Waals surface area contributed by atoms with Crippen molar-refractivity contribution >= 4 is 34.6 Å². The molecule has 2 amide bonds. The van der Waals surface area contributed by atoms with Gasteiger partial charge in [0.15, 0.2) is 10.9 Å². The number of carbonyl (C=O) groups excluding carboxylic acids is 2. The largest absolute Gasteiger partial charge is 0.456 e. The number of aryl methyl sites for hydroxylation is 1. The summed E-state index contributed by atoms with van der Waals surface area (Å²) in [5.74, 6) is 0.688. The van der Waals surface area contributed by atoms with E-state index in [0.717, 1.165) is 27.5 Å². The Kier molecular flexibility index (Phi) is 5.85. The van der Waals surface area contributed by atoms with Crippen molar-refractivity contribution in [2.75, 3.05) is 0 Å². The predicted octanol–water partition coefficient (Wildman–Crippen LogP) is 4.09. The highest BCUT2D eigenvalue weighted by Gasteiger charge is 2.12. The molecular weight excluding hydrogens is 400 g/mol. The van der Waals surface area contributed by atoms with Crippen molar-refractivity contribution < 1.29 is 14.0 Å². The van der Waals surface area contributed by atoms with Gasteiger partial charge in [-0.15, -0.1) is 0 Å². The molecule has 0 aliphatic heterocycles. The number of fused-ring (bicyclic) bond motifs is 1. The number of furan rings is 1. The smallest absolute Gasteiger partial charge is 0.305 e. The van der Waals surface area contributed by atoms with Gasteiger partial charge in [0.05, 0.1) is 11.0 Å². The first-order chi connectivity index (χ1) is 14.6. The number of aromatic nitrogens is 2. The molecule has 152 valence electrons. The first kappa shape index (κ1) is 19.8. The predicted molar refractivity (Wildman–Crippen MR) is 115 cm³/mol. The lowest BCUT2D eigenvalue weighted by atomic mass is 10.1. The van der Waals surface area contributed by atoms with E-state index in [1.807, 2.05) is 43.3 Å². The highest BCUT2D eigenvalue weighted by molar-refractivity contribution is 7.98. The Hall–Kier alpha value is -3.52. The standard InChI is InChI=1S/C22H20N4O3S/c1-2-16-11-12-19(29-16)21(28)26-25-20(27)15-9-7-14(8-10-15)13-30-22-23-17-5-3-4-6-18(17)24-22/h3-12H,2,13H2,1H3,(H,23,24)(H,25,27)(H,26,28). The van der Waals surface area contributed by atoms with E-state index in [4.69, 9.17) is 4.42 Å². The second-order valence-corrected chi connectivity index (χ2v) is 7.54. The van der Waals surface area contributed by atoms with Crippen molar-refractivity contribution in [2.45, 2.75) is 24.3 Å². The molecule has 0 aliphatic rings. The number of thioether (sulfide) groups is 1. The third kappa shape index (κ3) is 4.55. The summed E-state index contributed by atoms with van der Waals surface area (Å²) >= 11 is 1.59. The minimum Gasteiger partial charge on any atom is -0.456 e. The average Bonchev–Trinajstić information content (AvgIpc) is 3.43. The maximum atomic E-state index is 12.3. The van der Waals surface area contributed by atoms with Crippen molar-refractivity contribution in [2.24, 2.45) is 0 Å². The SMILES string of the molecule is CCc1ccc(C(=O)NNC(=O)c2ccc(CSc3nc4ccccc4[nH]3)cc2)o1.